The second kappa shape index (κ2) is 2.83. The Hall–Kier alpha value is -1.39. The maximum atomic E-state index is 11.3. The largest absolute Gasteiger partial charge is 0.466 e. The van der Waals surface area contributed by atoms with Crippen molar-refractivity contribution < 1.29 is 9.53 Å². The van der Waals surface area contributed by atoms with Gasteiger partial charge in [0.15, 0.2) is 0 Å². The van der Waals surface area contributed by atoms with Crippen molar-refractivity contribution in [3.63, 3.8) is 0 Å². The summed E-state index contributed by atoms with van der Waals surface area (Å²) in [7, 11) is 0. The number of esters is 1. The lowest BCUT2D eigenvalue weighted by Crippen LogP contribution is -2.30. The Balaban J connectivity index is 1.97. The second-order valence-electron chi connectivity index (χ2n) is 3.19. The summed E-state index contributed by atoms with van der Waals surface area (Å²) in [6.45, 7) is 2.23. The van der Waals surface area contributed by atoms with E-state index in [1.54, 1.807) is 13.1 Å². The first-order chi connectivity index (χ1) is 6.28. The van der Waals surface area contributed by atoms with Crippen molar-refractivity contribution in [3.05, 3.63) is 12.3 Å². The zero-order chi connectivity index (χ0) is 9.31. The highest BCUT2D eigenvalue weighted by Gasteiger charge is 2.59. The van der Waals surface area contributed by atoms with E-state index in [-0.39, 0.29) is 17.4 Å². The number of carbonyl (C=O) groups is 1. The molecule has 0 aromatic heterocycles. The second-order valence-corrected chi connectivity index (χ2v) is 3.19. The zero-order valence-corrected chi connectivity index (χ0v) is 7.36. The summed E-state index contributed by atoms with van der Waals surface area (Å²) >= 11 is 0. The lowest BCUT2D eigenvalue weighted by Gasteiger charge is -2.12. The first-order valence-corrected chi connectivity index (χ1v) is 4.30. The summed E-state index contributed by atoms with van der Waals surface area (Å²) < 4.78 is 4.91. The molecular formula is C8H11N3O2. The van der Waals surface area contributed by atoms with Crippen LogP contribution in [0.15, 0.2) is 22.6 Å². The van der Waals surface area contributed by atoms with Crippen molar-refractivity contribution in [2.24, 2.45) is 16.3 Å². The van der Waals surface area contributed by atoms with Crippen LogP contribution in [0.25, 0.3) is 0 Å². The Morgan fingerprint density at radius 3 is 3.31 bits per heavy atom. The Kier molecular flexibility index (Phi) is 1.79. The molecule has 1 aliphatic heterocycles. The first kappa shape index (κ1) is 8.22. The van der Waals surface area contributed by atoms with Gasteiger partial charge in [0.1, 0.15) is 0 Å². The average molecular weight is 181 g/mol. The summed E-state index contributed by atoms with van der Waals surface area (Å²) in [4.78, 5) is 11.3. The molecule has 5 nitrogen and oxygen atoms in total. The van der Waals surface area contributed by atoms with Crippen LogP contribution in [-0.2, 0) is 9.53 Å². The molecule has 70 valence electrons. The summed E-state index contributed by atoms with van der Waals surface area (Å²) in [5.74, 6) is -0.250. The number of nitrogens with zero attached hydrogens (tertiary/aromatic N) is 2. The monoisotopic (exact) mass is 181 g/mol. The van der Waals surface area contributed by atoms with E-state index in [4.69, 9.17) is 4.74 Å². The third kappa shape index (κ3) is 1.30. The van der Waals surface area contributed by atoms with Gasteiger partial charge in [-0.05, 0) is 19.4 Å². The van der Waals surface area contributed by atoms with E-state index in [0.717, 1.165) is 6.42 Å². The van der Waals surface area contributed by atoms with E-state index in [0.29, 0.717) is 6.61 Å². The smallest absolute Gasteiger partial charge is 0.311 e. The van der Waals surface area contributed by atoms with Crippen LogP contribution in [0.3, 0.4) is 0 Å². The number of nitrogens with one attached hydrogen (secondary N) is 1. The van der Waals surface area contributed by atoms with E-state index in [1.807, 2.05) is 6.08 Å². The van der Waals surface area contributed by atoms with Gasteiger partial charge in [-0.3, -0.25) is 10.2 Å². The van der Waals surface area contributed by atoms with E-state index >= 15 is 0 Å². The SMILES string of the molecule is CCOC(=O)[C@@H]1C[C@]12C=CN=NN2. The molecule has 13 heavy (non-hydrogen) atoms. The van der Waals surface area contributed by atoms with Crippen LogP contribution in [0, 0.1) is 5.92 Å². The summed E-state index contributed by atoms with van der Waals surface area (Å²) in [6, 6.07) is 0. The van der Waals surface area contributed by atoms with E-state index in [2.05, 4.69) is 15.8 Å². The molecule has 0 radical (unpaired) electrons. The molecule has 2 atom stereocenters. The van der Waals surface area contributed by atoms with Gasteiger partial charge in [-0.2, -0.15) is 0 Å². The van der Waals surface area contributed by atoms with E-state index in [1.165, 1.54) is 0 Å². The molecule has 0 aromatic rings. The molecule has 1 N–H and O–H groups in total. The van der Waals surface area contributed by atoms with Gasteiger partial charge in [0.05, 0.1) is 18.1 Å². The molecule has 0 amide bonds. The van der Waals surface area contributed by atoms with Crippen molar-refractivity contribution in [2.75, 3.05) is 6.61 Å². The fraction of sp³-hybridized carbons (Fsp3) is 0.625. The lowest BCUT2D eigenvalue weighted by atomic mass is 10.2. The quantitative estimate of drug-likeness (QED) is 0.640. The van der Waals surface area contributed by atoms with Crippen molar-refractivity contribution in [1.29, 1.82) is 0 Å². The van der Waals surface area contributed by atoms with Gasteiger partial charge in [0.2, 0.25) is 0 Å². The van der Waals surface area contributed by atoms with Gasteiger partial charge in [-0.1, -0.05) is 5.22 Å². The molecule has 0 saturated heterocycles. The van der Waals surface area contributed by atoms with Crippen LogP contribution in [-0.4, -0.2) is 18.1 Å². The molecular weight excluding hydrogens is 170 g/mol. The summed E-state index contributed by atoms with van der Waals surface area (Å²) in [5.41, 5.74) is 2.53. The topological polar surface area (TPSA) is 63.0 Å². The maximum Gasteiger partial charge on any atom is 0.311 e. The lowest BCUT2D eigenvalue weighted by molar-refractivity contribution is -0.145. The van der Waals surface area contributed by atoms with Crippen molar-refractivity contribution in [3.8, 4) is 0 Å². The Bertz CT molecular complexity index is 287. The van der Waals surface area contributed by atoms with E-state index in [9.17, 15) is 4.79 Å². The first-order valence-electron chi connectivity index (χ1n) is 4.30. The number of rotatable bonds is 2. The third-order valence-electron chi connectivity index (χ3n) is 2.33. The van der Waals surface area contributed by atoms with Gasteiger partial charge in [-0.15, -0.1) is 5.11 Å². The number of hydrogen-bond donors (Lipinski definition) is 1. The van der Waals surface area contributed by atoms with Crippen LogP contribution in [0.1, 0.15) is 13.3 Å². The van der Waals surface area contributed by atoms with Gasteiger partial charge >= 0.3 is 5.97 Å². The van der Waals surface area contributed by atoms with Crippen LogP contribution in [0.4, 0.5) is 0 Å². The van der Waals surface area contributed by atoms with Gasteiger partial charge in [0.25, 0.3) is 0 Å². The molecule has 1 heterocycles. The molecule has 1 aliphatic carbocycles. The van der Waals surface area contributed by atoms with Gasteiger partial charge in [-0.25, -0.2) is 0 Å². The fourth-order valence-electron chi connectivity index (χ4n) is 1.48. The predicted octanol–water partition coefficient (Wildman–Crippen LogP) is 0.792. The fourth-order valence-corrected chi connectivity index (χ4v) is 1.48. The van der Waals surface area contributed by atoms with Crippen molar-refractivity contribution in [2.45, 2.75) is 18.9 Å². The standard InChI is InChI=1S/C8H11N3O2/c1-2-13-7(12)6-5-8(6)3-4-9-11-10-8/h3-4,6H,2,5H2,1H3,(H,9,10)/t6-,8+/m0/s1. The van der Waals surface area contributed by atoms with Gasteiger partial charge < -0.3 is 4.74 Å². The minimum Gasteiger partial charge on any atom is -0.466 e. The van der Waals surface area contributed by atoms with Crippen LogP contribution >= 0.6 is 0 Å². The Morgan fingerprint density at radius 1 is 1.85 bits per heavy atom. The Labute approximate surface area is 75.8 Å². The molecule has 0 aromatic carbocycles. The average Bonchev–Trinajstić information content (AvgIpc) is 2.81. The predicted molar refractivity (Wildman–Crippen MR) is 44.6 cm³/mol. The summed E-state index contributed by atoms with van der Waals surface area (Å²) in [5, 5.41) is 7.30. The van der Waals surface area contributed by atoms with Crippen LogP contribution in [0.2, 0.25) is 0 Å². The molecule has 1 fully saturated rings. The maximum absolute atomic E-state index is 11.3. The van der Waals surface area contributed by atoms with Crippen molar-refractivity contribution >= 4 is 5.97 Å². The Morgan fingerprint density at radius 2 is 2.69 bits per heavy atom. The normalized spacial score (nSPS) is 34.4. The highest BCUT2D eigenvalue weighted by Crippen LogP contribution is 2.46. The minimum absolute atomic E-state index is 0.0945. The molecule has 2 aliphatic rings. The minimum atomic E-state index is -0.298. The molecule has 1 spiro atoms. The number of hydrogen-bond acceptors (Lipinski definition) is 5. The molecule has 0 bridgehead atoms. The molecule has 5 heteroatoms. The highest BCUT2D eigenvalue weighted by atomic mass is 16.5. The third-order valence-corrected chi connectivity index (χ3v) is 2.33. The molecule has 2 rings (SSSR count). The number of ether oxygens (including phenoxy) is 1. The molecule has 1 saturated carbocycles. The summed E-state index contributed by atoms with van der Waals surface area (Å²) in [6.07, 6.45) is 4.22. The van der Waals surface area contributed by atoms with Crippen LogP contribution < -0.4 is 5.43 Å². The van der Waals surface area contributed by atoms with Crippen LogP contribution in [0.5, 0.6) is 0 Å². The highest BCUT2D eigenvalue weighted by molar-refractivity contribution is 5.79. The van der Waals surface area contributed by atoms with Gasteiger partial charge in [0, 0.05) is 6.20 Å². The zero-order valence-electron chi connectivity index (χ0n) is 7.36. The van der Waals surface area contributed by atoms with E-state index < -0.39 is 0 Å². The molecule has 0 unspecified atom stereocenters. The van der Waals surface area contributed by atoms with Crippen molar-refractivity contribution in [1.82, 2.24) is 5.43 Å². The number of carbonyl (C=O) groups excluding carboxylic acids is 1.